The lowest BCUT2D eigenvalue weighted by Gasteiger charge is -1.95. The Morgan fingerprint density at radius 1 is 1.90 bits per heavy atom. The highest BCUT2D eigenvalue weighted by molar-refractivity contribution is 5.93. The van der Waals surface area contributed by atoms with E-state index in [4.69, 9.17) is 10.9 Å². The zero-order valence-electron chi connectivity index (χ0n) is 5.52. The first-order chi connectivity index (χ1) is 4.75. The molecule has 0 aromatic carbocycles. The second-order valence-electron chi connectivity index (χ2n) is 1.85. The van der Waals surface area contributed by atoms with Gasteiger partial charge in [0.2, 0.25) is 5.84 Å². The Bertz CT molecular complexity index is 252. The third-order valence-electron chi connectivity index (χ3n) is 1.16. The van der Waals surface area contributed by atoms with Crippen molar-refractivity contribution in [2.24, 2.45) is 17.9 Å². The summed E-state index contributed by atoms with van der Waals surface area (Å²) in [6, 6.07) is 0. The lowest BCUT2D eigenvalue weighted by Crippen LogP contribution is -2.17. The summed E-state index contributed by atoms with van der Waals surface area (Å²) in [5.41, 5.74) is 5.26. The van der Waals surface area contributed by atoms with E-state index in [9.17, 15) is 0 Å². The van der Waals surface area contributed by atoms with Gasteiger partial charge in [-0.3, -0.25) is 0 Å². The third kappa shape index (κ3) is 0.928. The lowest BCUT2D eigenvalue weighted by atomic mass is 10.5. The largest absolute Gasteiger partial charge is 0.409 e. The maximum absolute atomic E-state index is 8.24. The Labute approximate surface area is 57.8 Å². The van der Waals surface area contributed by atoms with Crippen LogP contribution in [0.15, 0.2) is 17.5 Å². The van der Waals surface area contributed by atoms with E-state index in [2.05, 4.69) is 10.1 Å². The molecule has 0 bridgehead atoms. The van der Waals surface area contributed by atoms with Crippen molar-refractivity contribution in [3.05, 3.63) is 18.2 Å². The van der Waals surface area contributed by atoms with Crippen LogP contribution in [-0.4, -0.2) is 20.6 Å². The van der Waals surface area contributed by atoms with Crippen LogP contribution < -0.4 is 5.73 Å². The van der Waals surface area contributed by atoms with E-state index in [1.54, 1.807) is 24.0 Å². The molecule has 0 aliphatic rings. The fourth-order valence-electron chi connectivity index (χ4n) is 0.657. The molecule has 0 spiro atoms. The van der Waals surface area contributed by atoms with Gasteiger partial charge in [0.15, 0.2) is 5.82 Å². The number of imidazole rings is 1. The lowest BCUT2D eigenvalue weighted by molar-refractivity contribution is 0.318. The number of oxime groups is 1. The minimum atomic E-state index is 0.0208. The normalized spacial score (nSPS) is 11.9. The smallest absolute Gasteiger partial charge is 0.206 e. The highest BCUT2D eigenvalue weighted by Crippen LogP contribution is 1.91. The molecule has 0 aliphatic carbocycles. The Balaban J connectivity index is 3.05. The van der Waals surface area contributed by atoms with E-state index in [1.165, 1.54) is 0 Å². The number of amidine groups is 1. The number of nitrogens with zero attached hydrogens (tertiary/aromatic N) is 3. The van der Waals surface area contributed by atoms with Crippen LogP contribution in [0.3, 0.4) is 0 Å². The van der Waals surface area contributed by atoms with Crippen LogP contribution in [0.4, 0.5) is 0 Å². The molecular weight excluding hydrogens is 132 g/mol. The standard InChI is InChI=1S/C5H8N4O/c1-9-3-2-7-5(9)4(6)8-10/h2-3,10H,1H3,(H2,6,8). The summed E-state index contributed by atoms with van der Waals surface area (Å²) >= 11 is 0. The molecule has 0 saturated heterocycles. The van der Waals surface area contributed by atoms with Crippen molar-refractivity contribution in [2.75, 3.05) is 0 Å². The molecule has 1 rings (SSSR count). The number of rotatable bonds is 1. The Kier molecular flexibility index (Phi) is 1.57. The van der Waals surface area contributed by atoms with Crippen LogP contribution in [0, 0.1) is 0 Å². The number of aryl methyl sites for hydroxylation is 1. The summed E-state index contributed by atoms with van der Waals surface area (Å²) in [4.78, 5) is 3.83. The molecule has 5 heteroatoms. The fourth-order valence-corrected chi connectivity index (χ4v) is 0.657. The zero-order valence-corrected chi connectivity index (χ0v) is 5.52. The maximum atomic E-state index is 8.24. The van der Waals surface area contributed by atoms with Crippen molar-refractivity contribution in [3.8, 4) is 0 Å². The highest BCUT2D eigenvalue weighted by atomic mass is 16.4. The van der Waals surface area contributed by atoms with Gasteiger partial charge in [-0.05, 0) is 0 Å². The predicted octanol–water partition coefficient (Wildman–Crippen LogP) is -0.485. The Morgan fingerprint density at radius 3 is 3.00 bits per heavy atom. The molecule has 0 atom stereocenters. The molecule has 0 amide bonds. The Morgan fingerprint density at radius 2 is 2.60 bits per heavy atom. The monoisotopic (exact) mass is 140 g/mol. The Hall–Kier alpha value is -1.52. The van der Waals surface area contributed by atoms with Crippen molar-refractivity contribution in [2.45, 2.75) is 0 Å². The van der Waals surface area contributed by atoms with Gasteiger partial charge in [-0.15, -0.1) is 0 Å². The molecule has 3 N–H and O–H groups in total. The summed E-state index contributed by atoms with van der Waals surface area (Å²) in [6.45, 7) is 0. The number of hydrogen-bond acceptors (Lipinski definition) is 3. The first kappa shape index (κ1) is 6.60. The molecule has 0 radical (unpaired) electrons. The van der Waals surface area contributed by atoms with Crippen molar-refractivity contribution in [3.63, 3.8) is 0 Å². The number of aromatic nitrogens is 2. The maximum Gasteiger partial charge on any atom is 0.206 e. The van der Waals surface area contributed by atoms with Crippen LogP contribution in [-0.2, 0) is 7.05 Å². The van der Waals surface area contributed by atoms with Gasteiger partial charge >= 0.3 is 0 Å². The first-order valence-corrected chi connectivity index (χ1v) is 2.71. The molecular formula is C5H8N4O. The van der Waals surface area contributed by atoms with Crippen LogP contribution in [0.1, 0.15) is 5.82 Å². The summed E-state index contributed by atoms with van der Waals surface area (Å²) in [5, 5.41) is 11.0. The summed E-state index contributed by atoms with van der Waals surface area (Å²) in [5.74, 6) is 0.481. The van der Waals surface area contributed by atoms with Gasteiger partial charge in [-0.1, -0.05) is 5.16 Å². The summed E-state index contributed by atoms with van der Waals surface area (Å²) in [6.07, 6.45) is 3.29. The molecule has 5 nitrogen and oxygen atoms in total. The topological polar surface area (TPSA) is 76.4 Å². The minimum Gasteiger partial charge on any atom is -0.409 e. The van der Waals surface area contributed by atoms with Gasteiger partial charge in [-0.2, -0.15) is 0 Å². The van der Waals surface area contributed by atoms with E-state index >= 15 is 0 Å². The van der Waals surface area contributed by atoms with Crippen LogP contribution >= 0.6 is 0 Å². The molecule has 0 fully saturated rings. The molecule has 54 valence electrons. The van der Waals surface area contributed by atoms with Crippen molar-refractivity contribution in [1.82, 2.24) is 9.55 Å². The molecule has 1 heterocycles. The van der Waals surface area contributed by atoms with Gasteiger partial charge in [0.05, 0.1) is 0 Å². The van der Waals surface area contributed by atoms with E-state index < -0.39 is 0 Å². The van der Waals surface area contributed by atoms with Gasteiger partial charge < -0.3 is 15.5 Å². The van der Waals surface area contributed by atoms with Crippen molar-refractivity contribution < 1.29 is 5.21 Å². The van der Waals surface area contributed by atoms with E-state index in [0.29, 0.717) is 5.82 Å². The van der Waals surface area contributed by atoms with Crippen LogP contribution in [0.5, 0.6) is 0 Å². The SMILES string of the molecule is Cn1ccnc1/C(N)=N/O. The highest BCUT2D eigenvalue weighted by Gasteiger charge is 2.02. The van der Waals surface area contributed by atoms with Gasteiger partial charge in [0.1, 0.15) is 0 Å². The quantitative estimate of drug-likeness (QED) is 0.239. The molecule has 1 aromatic rings. The van der Waals surface area contributed by atoms with Crippen molar-refractivity contribution >= 4 is 5.84 Å². The molecule has 1 aromatic heterocycles. The minimum absolute atomic E-state index is 0.0208. The summed E-state index contributed by atoms with van der Waals surface area (Å²) in [7, 11) is 1.76. The average Bonchev–Trinajstić information content (AvgIpc) is 2.34. The molecule has 0 saturated carbocycles. The summed E-state index contributed by atoms with van der Waals surface area (Å²) < 4.78 is 1.66. The van der Waals surface area contributed by atoms with Crippen molar-refractivity contribution in [1.29, 1.82) is 0 Å². The van der Waals surface area contributed by atoms with E-state index in [-0.39, 0.29) is 5.84 Å². The third-order valence-corrected chi connectivity index (χ3v) is 1.16. The number of hydrogen-bond donors (Lipinski definition) is 2. The van der Waals surface area contributed by atoms with Gasteiger partial charge in [-0.25, -0.2) is 4.98 Å². The van der Waals surface area contributed by atoms with Gasteiger partial charge in [0.25, 0.3) is 0 Å². The van der Waals surface area contributed by atoms with Gasteiger partial charge in [0, 0.05) is 19.4 Å². The molecule has 0 aliphatic heterocycles. The second-order valence-corrected chi connectivity index (χ2v) is 1.85. The molecule has 10 heavy (non-hydrogen) atoms. The molecule has 0 unspecified atom stereocenters. The van der Waals surface area contributed by atoms with Crippen LogP contribution in [0.25, 0.3) is 0 Å². The predicted molar refractivity (Wildman–Crippen MR) is 35.7 cm³/mol. The second kappa shape index (κ2) is 2.38. The van der Waals surface area contributed by atoms with E-state index in [1.807, 2.05) is 0 Å². The van der Waals surface area contributed by atoms with Crippen LogP contribution in [0.2, 0.25) is 0 Å². The first-order valence-electron chi connectivity index (χ1n) is 2.71. The zero-order chi connectivity index (χ0) is 7.56. The average molecular weight is 140 g/mol. The van der Waals surface area contributed by atoms with E-state index in [0.717, 1.165) is 0 Å². The number of nitrogens with two attached hydrogens (primary N) is 1. The fraction of sp³-hybridized carbons (Fsp3) is 0.200.